The summed E-state index contributed by atoms with van der Waals surface area (Å²) in [5.74, 6) is 0.966. The third-order valence-electron chi connectivity index (χ3n) is 14.1. The summed E-state index contributed by atoms with van der Waals surface area (Å²) in [5, 5.41) is 10.1. The molecule has 4 N–H and O–H groups in total. The predicted molar refractivity (Wildman–Crippen MR) is 256 cm³/mol. The van der Waals surface area contributed by atoms with Crippen LogP contribution < -0.4 is 34.8 Å². The van der Waals surface area contributed by atoms with E-state index in [0.717, 1.165) is 104 Å². The third kappa shape index (κ3) is 8.59. The van der Waals surface area contributed by atoms with E-state index in [0.29, 0.717) is 72.9 Å². The van der Waals surface area contributed by atoms with Gasteiger partial charge in [-0.3, -0.25) is 28.9 Å². The van der Waals surface area contributed by atoms with Gasteiger partial charge in [-0.05, 0) is 86.1 Å². The van der Waals surface area contributed by atoms with Gasteiger partial charge < -0.3 is 35.1 Å². The summed E-state index contributed by atoms with van der Waals surface area (Å²) in [4.78, 5) is 60.2. The van der Waals surface area contributed by atoms with Crippen LogP contribution in [0.4, 0.5) is 40.2 Å². The number of benzene rings is 3. The summed E-state index contributed by atoms with van der Waals surface area (Å²) in [6.45, 7) is 8.99. The predicted octanol–water partition coefficient (Wildman–Crippen LogP) is 5.24. The van der Waals surface area contributed by atoms with Gasteiger partial charge in [-0.1, -0.05) is 24.3 Å². The molecular formula is C48H57N11O6S. The molecule has 18 heteroatoms. The largest absolute Gasteiger partial charge is 0.494 e. The third-order valence-corrected chi connectivity index (χ3v) is 15.3. The number of nitrogens with one attached hydrogen (secondary N) is 4. The summed E-state index contributed by atoms with van der Waals surface area (Å²) in [6, 6.07) is 20.3. The number of amides is 3. The lowest BCUT2D eigenvalue weighted by atomic mass is 9.90. The zero-order valence-electron chi connectivity index (χ0n) is 37.7. The van der Waals surface area contributed by atoms with Gasteiger partial charge >= 0.3 is 0 Å². The van der Waals surface area contributed by atoms with Crippen LogP contribution in [0.3, 0.4) is 0 Å². The minimum atomic E-state index is -3.46. The van der Waals surface area contributed by atoms with E-state index in [1.54, 1.807) is 13.3 Å². The first kappa shape index (κ1) is 43.5. The van der Waals surface area contributed by atoms with E-state index in [2.05, 4.69) is 59.6 Å². The Morgan fingerprint density at radius 3 is 2.39 bits per heavy atom. The second kappa shape index (κ2) is 17.8. The maximum absolute atomic E-state index is 13.8. The number of sulfonamides is 1. The number of H-pyrrole nitrogens is 1. The Kier molecular flexibility index (Phi) is 11.7. The number of fused-ring (bicyclic) bond motifs is 2. The highest BCUT2D eigenvalue weighted by molar-refractivity contribution is 7.92. The number of para-hydroxylation sites is 1. The van der Waals surface area contributed by atoms with Crippen LogP contribution in [0.2, 0.25) is 0 Å². The zero-order chi connectivity index (χ0) is 45.7. The summed E-state index contributed by atoms with van der Waals surface area (Å²) < 4.78 is 32.8. The summed E-state index contributed by atoms with van der Waals surface area (Å²) >= 11 is 0. The average molecular weight is 916 g/mol. The fraction of sp³-hybridized carbons (Fsp3) is 0.438. The number of hydrogen-bond donors (Lipinski definition) is 4. The Morgan fingerprint density at radius 2 is 1.62 bits per heavy atom. The first-order chi connectivity index (χ1) is 31.9. The smallest absolute Gasteiger partial charge is 0.234 e. The van der Waals surface area contributed by atoms with Crippen molar-refractivity contribution >= 4 is 79.0 Å². The van der Waals surface area contributed by atoms with Gasteiger partial charge in [0.05, 0.1) is 47.6 Å². The zero-order valence-corrected chi connectivity index (χ0v) is 38.5. The number of rotatable bonds is 11. The van der Waals surface area contributed by atoms with Crippen LogP contribution in [0.1, 0.15) is 54.7 Å². The van der Waals surface area contributed by atoms with Gasteiger partial charge in [-0.15, -0.1) is 0 Å². The maximum atomic E-state index is 13.8. The molecule has 10 rings (SSSR count). The fourth-order valence-electron chi connectivity index (χ4n) is 10.7. The van der Waals surface area contributed by atoms with Crippen LogP contribution in [0.15, 0.2) is 66.9 Å². The van der Waals surface area contributed by atoms with Crippen molar-refractivity contribution in [3.8, 4) is 5.75 Å². The molecule has 0 spiro atoms. The molecule has 4 saturated heterocycles. The van der Waals surface area contributed by atoms with Crippen LogP contribution in [0, 0.1) is 12.8 Å². The van der Waals surface area contributed by atoms with Crippen LogP contribution in [-0.4, -0.2) is 129 Å². The highest BCUT2D eigenvalue weighted by Crippen LogP contribution is 2.41. The Labute approximate surface area is 384 Å². The van der Waals surface area contributed by atoms with Gasteiger partial charge in [0.25, 0.3) is 0 Å². The van der Waals surface area contributed by atoms with Crippen molar-refractivity contribution in [1.82, 2.24) is 30.1 Å². The van der Waals surface area contributed by atoms with E-state index in [-0.39, 0.29) is 29.6 Å². The SMILES string of the molecule is COc1cc(N2CCC(N3CCN(C(=O)[C@H]4CCN(c5cccc(C6CCC(=O)NC6=O)c5)C4)CC3)CC2)c(C)cc1Nc1nc(Nc2cccc3c2N(S(C)(=O)=O)CC3)c2cc[nH]c2n1. The molecule has 346 valence electrons. The number of nitrogens with zero attached hydrogens (tertiary/aromatic N) is 7. The molecule has 4 fully saturated rings. The van der Waals surface area contributed by atoms with E-state index in [9.17, 15) is 22.8 Å². The Morgan fingerprint density at radius 1 is 0.833 bits per heavy atom. The molecule has 2 atom stereocenters. The monoisotopic (exact) mass is 915 g/mol. The summed E-state index contributed by atoms with van der Waals surface area (Å²) in [6.07, 6.45) is 7.40. The average Bonchev–Trinajstić information content (AvgIpc) is 4.11. The number of carbonyl (C=O) groups is 3. The summed E-state index contributed by atoms with van der Waals surface area (Å²) in [7, 11) is -1.80. The van der Waals surface area contributed by atoms with Crippen LogP contribution in [0.25, 0.3) is 11.0 Å². The van der Waals surface area contributed by atoms with Crippen LogP contribution in [-0.2, 0) is 30.8 Å². The number of anilines is 7. The highest BCUT2D eigenvalue weighted by atomic mass is 32.2. The minimum absolute atomic E-state index is 0.0528. The van der Waals surface area contributed by atoms with Gasteiger partial charge in [-0.2, -0.15) is 9.97 Å². The van der Waals surface area contributed by atoms with Gasteiger partial charge in [-0.25, -0.2) is 8.42 Å². The van der Waals surface area contributed by atoms with Gasteiger partial charge in [0.15, 0.2) is 0 Å². The standard InChI is InChI=1S/C48H57N11O6S/c1-30-26-39(51-48-53-44-37(12-17-49-44)45(54-48)50-38-9-5-6-31-14-21-59(43(31)38)66(3,63)64)41(65-2)28-40(30)56-19-15-34(16-20-56)55-22-24-57(25-23-55)47(62)33-13-18-58(29-33)35-8-4-7-32(27-35)36-10-11-42(60)52-46(36)61/h4-9,12,17,26-28,33-34,36H,10-11,13-16,18-25,29H2,1-3H3,(H,52,60,61)(H3,49,50,51,53,54)/t33-,36?/m0/s1. The van der Waals surface area contributed by atoms with Crippen molar-refractivity contribution in [3.05, 3.63) is 83.6 Å². The molecule has 1 unspecified atom stereocenters. The van der Waals surface area contributed by atoms with E-state index >= 15 is 0 Å². The van der Waals surface area contributed by atoms with Gasteiger partial charge in [0.2, 0.25) is 33.7 Å². The molecule has 66 heavy (non-hydrogen) atoms. The number of methoxy groups -OCH3 is 1. The van der Waals surface area contributed by atoms with Crippen molar-refractivity contribution in [3.63, 3.8) is 0 Å². The first-order valence-corrected chi connectivity index (χ1v) is 24.9. The molecule has 5 aromatic rings. The Bertz CT molecular complexity index is 2800. The van der Waals surface area contributed by atoms with Crippen molar-refractivity contribution < 1.29 is 27.5 Å². The second-order valence-corrected chi connectivity index (χ2v) is 20.1. The number of aryl methyl sites for hydroxylation is 1. The Hall–Kier alpha value is -6.40. The molecule has 5 aliphatic rings. The number of aromatic nitrogens is 3. The number of aromatic amines is 1. The lowest BCUT2D eigenvalue weighted by Crippen LogP contribution is -2.55. The van der Waals surface area contributed by atoms with Crippen molar-refractivity contribution in [2.75, 3.05) is 97.0 Å². The molecule has 0 radical (unpaired) electrons. The van der Waals surface area contributed by atoms with Gasteiger partial charge in [0, 0.05) is 95.0 Å². The summed E-state index contributed by atoms with van der Waals surface area (Å²) in [5.41, 5.74) is 7.76. The number of carbonyl (C=O) groups excluding carboxylic acids is 3. The lowest BCUT2D eigenvalue weighted by Gasteiger charge is -2.44. The second-order valence-electron chi connectivity index (χ2n) is 18.2. The molecule has 17 nitrogen and oxygen atoms in total. The van der Waals surface area contributed by atoms with Crippen molar-refractivity contribution in [1.29, 1.82) is 0 Å². The van der Waals surface area contributed by atoms with Crippen LogP contribution >= 0.6 is 0 Å². The van der Waals surface area contributed by atoms with E-state index in [1.807, 2.05) is 48.5 Å². The first-order valence-electron chi connectivity index (χ1n) is 23.0. The number of piperazine rings is 1. The van der Waals surface area contributed by atoms with E-state index in [1.165, 1.54) is 10.6 Å². The molecule has 3 amide bonds. The molecule has 2 aromatic heterocycles. The quantitative estimate of drug-likeness (QED) is 0.126. The van der Waals surface area contributed by atoms with E-state index in [4.69, 9.17) is 14.7 Å². The number of piperidine rings is 2. The van der Waals surface area contributed by atoms with Crippen molar-refractivity contribution in [2.24, 2.45) is 5.92 Å². The normalized spacial score (nSPS) is 20.8. The number of ether oxygens (including phenoxy) is 1. The lowest BCUT2D eigenvalue weighted by molar-refractivity contribution is -0.137. The molecule has 3 aromatic carbocycles. The molecule has 5 aliphatic heterocycles. The van der Waals surface area contributed by atoms with Gasteiger partial charge in [0.1, 0.15) is 17.2 Å². The Balaban J connectivity index is 0.742. The fourth-order valence-corrected chi connectivity index (χ4v) is 11.6. The molecule has 0 bridgehead atoms. The molecular weight excluding hydrogens is 859 g/mol. The van der Waals surface area contributed by atoms with E-state index < -0.39 is 10.0 Å². The molecule has 0 aliphatic carbocycles. The number of imide groups is 1. The van der Waals surface area contributed by atoms with Crippen molar-refractivity contribution in [2.45, 2.75) is 57.4 Å². The maximum Gasteiger partial charge on any atom is 0.234 e. The topological polar surface area (TPSA) is 188 Å². The number of hydrogen-bond acceptors (Lipinski definition) is 13. The van der Waals surface area contributed by atoms with Crippen LogP contribution in [0.5, 0.6) is 5.75 Å². The minimum Gasteiger partial charge on any atom is -0.494 e. The molecule has 0 saturated carbocycles. The molecule has 7 heterocycles. The highest BCUT2D eigenvalue weighted by Gasteiger charge is 2.36.